The smallest absolute Gasteiger partial charge is 0.218 e. The van der Waals surface area contributed by atoms with E-state index >= 15 is 0 Å². The number of rotatable bonds is 6. The highest BCUT2D eigenvalue weighted by molar-refractivity contribution is 5.40. The van der Waals surface area contributed by atoms with E-state index in [0.29, 0.717) is 31.0 Å². The first-order valence-electron chi connectivity index (χ1n) is 5.58. The van der Waals surface area contributed by atoms with E-state index < -0.39 is 0 Å². The van der Waals surface area contributed by atoms with Gasteiger partial charge in [0.15, 0.2) is 5.82 Å². The van der Waals surface area contributed by atoms with Crippen molar-refractivity contribution in [1.29, 1.82) is 0 Å². The van der Waals surface area contributed by atoms with Gasteiger partial charge in [-0.2, -0.15) is 4.98 Å². The number of nitrogens with one attached hydrogen (secondary N) is 1. The number of hydrogen-bond donors (Lipinski definition) is 1. The van der Waals surface area contributed by atoms with Crippen molar-refractivity contribution in [2.24, 2.45) is 0 Å². The second-order valence-electron chi connectivity index (χ2n) is 3.79. The van der Waals surface area contributed by atoms with Gasteiger partial charge < -0.3 is 14.8 Å². The molecule has 88 valence electrons. The lowest BCUT2D eigenvalue weighted by molar-refractivity contribution is 0.176. The van der Waals surface area contributed by atoms with Gasteiger partial charge >= 0.3 is 0 Å². The maximum Gasteiger partial charge on any atom is 0.218 e. The Morgan fingerprint density at radius 2 is 2.25 bits per heavy atom. The van der Waals surface area contributed by atoms with Gasteiger partial charge in [-0.1, -0.05) is 0 Å². The topological polar surface area (TPSA) is 56.3 Å². The van der Waals surface area contributed by atoms with Crippen molar-refractivity contribution in [3.8, 4) is 5.88 Å². The van der Waals surface area contributed by atoms with Crippen LogP contribution in [0.15, 0.2) is 6.07 Å². The predicted octanol–water partition coefficient (Wildman–Crippen LogP) is 1.60. The Kier molecular flexibility index (Phi) is 3.56. The zero-order valence-corrected chi connectivity index (χ0v) is 9.69. The van der Waals surface area contributed by atoms with Gasteiger partial charge in [0.05, 0.1) is 6.61 Å². The maximum atomic E-state index is 5.39. The molecule has 0 unspecified atom stereocenters. The molecule has 1 heterocycles. The number of methoxy groups -OCH3 is 1. The number of nitrogens with zero attached hydrogens (tertiary/aromatic N) is 2. The second kappa shape index (κ2) is 5.12. The number of ether oxygens (including phenoxy) is 2. The van der Waals surface area contributed by atoms with Crippen molar-refractivity contribution in [3.05, 3.63) is 11.9 Å². The molecule has 16 heavy (non-hydrogen) atoms. The molecule has 1 aromatic heterocycles. The quantitative estimate of drug-likeness (QED) is 0.793. The van der Waals surface area contributed by atoms with Crippen LogP contribution in [-0.2, 0) is 11.3 Å². The van der Waals surface area contributed by atoms with Gasteiger partial charge in [0.1, 0.15) is 12.4 Å². The fourth-order valence-electron chi connectivity index (χ4n) is 1.40. The van der Waals surface area contributed by atoms with Crippen LogP contribution in [0.5, 0.6) is 5.88 Å². The molecular formula is C11H17N3O2. The minimum Gasteiger partial charge on any atom is -0.478 e. The minimum absolute atomic E-state index is 0.403. The molecule has 1 aliphatic carbocycles. The number of anilines is 1. The zero-order chi connectivity index (χ0) is 11.4. The highest BCUT2D eigenvalue weighted by atomic mass is 16.5. The fourth-order valence-corrected chi connectivity index (χ4v) is 1.40. The van der Waals surface area contributed by atoms with Crippen LogP contribution in [0, 0.1) is 0 Å². The first kappa shape index (κ1) is 11.1. The van der Waals surface area contributed by atoms with Crippen LogP contribution in [0.2, 0.25) is 0 Å². The highest BCUT2D eigenvalue weighted by Crippen LogP contribution is 2.25. The fraction of sp³-hybridized carbons (Fsp3) is 0.636. The molecule has 1 saturated carbocycles. The Balaban J connectivity index is 2.13. The van der Waals surface area contributed by atoms with Crippen LogP contribution < -0.4 is 10.1 Å². The Bertz CT molecular complexity index is 329. The third kappa shape index (κ3) is 3.06. The Labute approximate surface area is 95.2 Å². The zero-order valence-electron chi connectivity index (χ0n) is 9.69. The molecule has 1 aromatic rings. The Hall–Kier alpha value is -1.36. The van der Waals surface area contributed by atoms with Crippen LogP contribution in [0.25, 0.3) is 0 Å². The monoisotopic (exact) mass is 223 g/mol. The van der Waals surface area contributed by atoms with Crippen LogP contribution >= 0.6 is 0 Å². The number of hydrogen-bond acceptors (Lipinski definition) is 5. The SMILES string of the molecule is CCOc1cc(NC2CC2)nc(COC)n1. The summed E-state index contributed by atoms with van der Waals surface area (Å²) in [5.74, 6) is 2.08. The van der Waals surface area contributed by atoms with Crippen LogP contribution in [0.3, 0.4) is 0 Å². The molecule has 2 rings (SSSR count). The van der Waals surface area contributed by atoms with Crippen LogP contribution in [0.1, 0.15) is 25.6 Å². The van der Waals surface area contributed by atoms with Gasteiger partial charge in [-0.15, -0.1) is 0 Å². The van der Waals surface area contributed by atoms with Crippen molar-refractivity contribution < 1.29 is 9.47 Å². The first-order valence-corrected chi connectivity index (χ1v) is 5.58. The molecule has 0 saturated heterocycles. The van der Waals surface area contributed by atoms with E-state index in [0.717, 1.165) is 5.82 Å². The third-order valence-corrected chi connectivity index (χ3v) is 2.24. The summed E-state index contributed by atoms with van der Waals surface area (Å²) < 4.78 is 10.4. The van der Waals surface area contributed by atoms with Crippen molar-refractivity contribution in [2.45, 2.75) is 32.4 Å². The van der Waals surface area contributed by atoms with Gasteiger partial charge in [0.2, 0.25) is 5.88 Å². The molecule has 1 N–H and O–H groups in total. The van der Waals surface area contributed by atoms with Gasteiger partial charge in [-0.3, -0.25) is 0 Å². The van der Waals surface area contributed by atoms with E-state index in [1.807, 2.05) is 13.0 Å². The van der Waals surface area contributed by atoms with E-state index in [1.165, 1.54) is 12.8 Å². The van der Waals surface area contributed by atoms with E-state index in [1.54, 1.807) is 7.11 Å². The number of aromatic nitrogens is 2. The Morgan fingerprint density at radius 1 is 1.44 bits per heavy atom. The summed E-state index contributed by atoms with van der Waals surface area (Å²) in [7, 11) is 1.63. The lowest BCUT2D eigenvalue weighted by atomic mass is 10.5. The van der Waals surface area contributed by atoms with Crippen molar-refractivity contribution in [1.82, 2.24) is 9.97 Å². The predicted molar refractivity (Wildman–Crippen MR) is 60.6 cm³/mol. The second-order valence-corrected chi connectivity index (χ2v) is 3.79. The summed E-state index contributed by atoms with van der Waals surface area (Å²) in [6.45, 7) is 2.94. The summed E-state index contributed by atoms with van der Waals surface area (Å²) in [6.07, 6.45) is 2.43. The molecule has 1 fully saturated rings. The van der Waals surface area contributed by atoms with Crippen molar-refractivity contribution in [2.75, 3.05) is 19.0 Å². The molecule has 0 bridgehead atoms. The van der Waals surface area contributed by atoms with E-state index in [2.05, 4.69) is 15.3 Å². The summed E-state index contributed by atoms with van der Waals surface area (Å²) in [6, 6.07) is 2.40. The minimum atomic E-state index is 0.403. The van der Waals surface area contributed by atoms with Crippen LogP contribution in [0.4, 0.5) is 5.82 Å². The highest BCUT2D eigenvalue weighted by Gasteiger charge is 2.21. The maximum absolute atomic E-state index is 5.39. The summed E-state index contributed by atoms with van der Waals surface area (Å²) >= 11 is 0. The molecule has 0 aromatic carbocycles. The lowest BCUT2D eigenvalue weighted by Gasteiger charge is -2.09. The molecule has 0 spiro atoms. The summed E-state index contributed by atoms with van der Waals surface area (Å²) in [4.78, 5) is 8.60. The van der Waals surface area contributed by atoms with Gasteiger partial charge in [0, 0.05) is 19.2 Å². The average molecular weight is 223 g/mol. The normalized spacial score (nSPS) is 14.9. The van der Waals surface area contributed by atoms with Gasteiger partial charge in [0.25, 0.3) is 0 Å². The standard InChI is InChI=1S/C11H17N3O2/c1-3-16-11-6-9(12-8-4-5-8)13-10(14-11)7-15-2/h6,8H,3-5,7H2,1-2H3,(H,12,13,14). The third-order valence-electron chi connectivity index (χ3n) is 2.24. The lowest BCUT2D eigenvalue weighted by Crippen LogP contribution is -2.08. The first-order chi connectivity index (χ1) is 7.81. The summed E-state index contributed by atoms with van der Waals surface area (Å²) in [5, 5.41) is 3.33. The molecular weight excluding hydrogens is 206 g/mol. The molecule has 0 radical (unpaired) electrons. The molecule has 1 aliphatic rings. The van der Waals surface area contributed by atoms with Crippen molar-refractivity contribution in [3.63, 3.8) is 0 Å². The molecule has 5 heteroatoms. The van der Waals surface area contributed by atoms with Crippen molar-refractivity contribution >= 4 is 5.82 Å². The summed E-state index contributed by atoms with van der Waals surface area (Å²) in [5.41, 5.74) is 0. The largest absolute Gasteiger partial charge is 0.478 e. The molecule has 5 nitrogen and oxygen atoms in total. The van der Waals surface area contributed by atoms with E-state index in [4.69, 9.17) is 9.47 Å². The van der Waals surface area contributed by atoms with Gasteiger partial charge in [-0.25, -0.2) is 4.98 Å². The molecule has 0 amide bonds. The van der Waals surface area contributed by atoms with E-state index in [9.17, 15) is 0 Å². The van der Waals surface area contributed by atoms with Crippen LogP contribution in [-0.4, -0.2) is 29.7 Å². The molecule has 0 aliphatic heterocycles. The average Bonchev–Trinajstić information content (AvgIpc) is 3.02. The van der Waals surface area contributed by atoms with Gasteiger partial charge in [-0.05, 0) is 19.8 Å². The van der Waals surface area contributed by atoms with E-state index in [-0.39, 0.29) is 0 Å². The molecule has 0 atom stereocenters. The Morgan fingerprint density at radius 3 is 2.88 bits per heavy atom.